The van der Waals surface area contributed by atoms with Gasteiger partial charge >= 0.3 is 0 Å². The van der Waals surface area contributed by atoms with E-state index in [9.17, 15) is 4.39 Å². The number of alkyl halides is 1. The lowest BCUT2D eigenvalue weighted by atomic mass is 10.1. The van der Waals surface area contributed by atoms with Crippen molar-refractivity contribution >= 4 is 0 Å². The van der Waals surface area contributed by atoms with Crippen molar-refractivity contribution in [2.75, 3.05) is 0 Å². The third-order valence-corrected chi connectivity index (χ3v) is 1.78. The Balaban J connectivity index is 2.72. The molecular formula is C10H14FN. The van der Waals surface area contributed by atoms with Gasteiger partial charge in [-0.25, -0.2) is 4.39 Å². The van der Waals surface area contributed by atoms with Gasteiger partial charge in [0, 0.05) is 18.3 Å². The first-order chi connectivity index (χ1) is 5.72. The summed E-state index contributed by atoms with van der Waals surface area (Å²) in [6.07, 6.45) is 2.35. The summed E-state index contributed by atoms with van der Waals surface area (Å²) in [4.78, 5) is 4.09. The molecule has 0 aliphatic rings. The zero-order valence-electron chi connectivity index (χ0n) is 7.55. The Morgan fingerprint density at radius 1 is 1.58 bits per heavy atom. The van der Waals surface area contributed by atoms with Crippen molar-refractivity contribution in [3.05, 3.63) is 29.6 Å². The van der Waals surface area contributed by atoms with Crippen molar-refractivity contribution in [1.29, 1.82) is 0 Å². The van der Waals surface area contributed by atoms with E-state index in [2.05, 4.69) is 11.9 Å². The van der Waals surface area contributed by atoms with Crippen LogP contribution in [0.1, 0.15) is 25.1 Å². The van der Waals surface area contributed by atoms with Crippen LogP contribution in [0.3, 0.4) is 0 Å². The van der Waals surface area contributed by atoms with Crippen LogP contribution >= 0.6 is 0 Å². The van der Waals surface area contributed by atoms with Gasteiger partial charge in [0.05, 0.1) is 0 Å². The van der Waals surface area contributed by atoms with Crippen LogP contribution < -0.4 is 0 Å². The third kappa shape index (κ3) is 2.61. The lowest BCUT2D eigenvalue weighted by Crippen LogP contribution is -2.01. The van der Waals surface area contributed by atoms with Gasteiger partial charge in [-0.1, -0.05) is 6.92 Å². The predicted octanol–water partition coefficient (Wildman–Crippen LogP) is 2.54. The maximum atomic E-state index is 12.6. The first kappa shape index (κ1) is 9.17. The van der Waals surface area contributed by atoms with E-state index < -0.39 is 6.17 Å². The Labute approximate surface area is 72.6 Å². The molecule has 0 fully saturated rings. The van der Waals surface area contributed by atoms with Crippen LogP contribution in [0.4, 0.5) is 4.39 Å². The zero-order valence-corrected chi connectivity index (χ0v) is 7.55. The molecule has 0 radical (unpaired) electrons. The average molecular weight is 167 g/mol. The van der Waals surface area contributed by atoms with Crippen molar-refractivity contribution in [2.24, 2.45) is 0 Å². The van der Waals surface area contributed by atoms with Gasteiger partial charge in [0.15, 0.2) is 0 Å². The van der Waals surface area contributed by atoms with Crippen LogP contribution in [-0.4, -0.2) is 11.2 Å². The minimum Gasteiger partial charge on any atom is -0.261 e. The Morgan fingerprint density at radius 2 is 2.33 bits per heavy atom. The second-order valence-corrected chi connectivity index (χ2v) is 2.99. The van der Waals surface area contributed by atoms with Crippen LogP contribution in [0, 0.1) is 0 Å². The molecule has 0 bridgehead atoms. The number of hydrogen-bond acceptors (Lipinski definition) is 1. The molecule has 0 saturated heterocycles. The van der Waals surface area contributed by atoms with Crippen molar-refractivity contribution in [3.63, 3.8) is 0 Å². The summed E-state index contributed by atoms with van der Waals surface area (Å²) in [6.45, 7) is 3.64. The van der Waals surface area contributed by atoms with Crippen LogP contribution in [0.25, 0.3) is 0 Å². The molecule has 0 amide bonds. The SMILES string of the molecule is CCc1ccnc(CC(C)F)c1. The standard InChI is InChI=1S/C10H14FN/c1-3-9-4-5-12-10(7-9)6-8(2)11/h4-5,7-8H,3,6H2,1-2H3. The molecule has 1 aromatic rings. The second kappa shape index (κ2) is 4.19. The van der Waals surface area contributed by atoms with Gasteiger partial charge in [-0.05, 0) is 31.0 Å². The number of pyridine rings is 1. The fourth-order valence-electron chi connectivity index (χ4n) is 1.15. The van der Waals surface area contributed by atoms with E-state index in [4.69, 9.17) is 0 Å². The van der Waals surface area contributed by atoms with E-state index in [1.807, 2.05) is 12.1 Å². The molecule has 1 nitrogen and oxygen atoms in total. The number of aromatic nitrogens is 1. The largest absolute Gasteiger partial charge is 0.261 e. The molecule has 0 spiro atoms. The Morgan fingerprint density at radius 3 is 2.92 bits per heavy atom. The van der Waals surface area contributed by atoms with Crippen molar-refractivity contribution in [3.8, 4) is 0 Å². The van der Waals surface area contributed by atoms with E-state index >= 15 is 0 Å². The van der Waals surface area contributed by atoms with E-state index in [1.54, 1.807) is 13.1 Å². The second-order valence-electron chi connectivity index (χ2n) is 2.99. The van der Waals surface area contributed by atoms with Gasteiger partial charge in [-0.15, -0.1) is 0 Å². The Bertz CT molecular complexity index is 245. The Kier molecular flexibility index (Phi) is 3.20. The molecule has 12 heavy (non-hydrogen) atoms. The molecule has 0 aliphatic heterocycles. The van der Waals surface area contributed by atoms with Gasteiger partial charge in [-0.2, -0.15) is 0 Å². The highest BCUT2D eigenvalue weighted by Gasteiger charge is 2.01. The summed E-state index contributed by atoms with van der Waals surface area (Å²) in [5, 5.41) is 0. The highest BCUT2D eigenvalue weighted by Crippen LogP contribution is 2.06. The smallest absolute Gasteiger partial charge is 0.103 e. The molecular weight excluding hydrogens is 153 g/mol. The first-order valence-corrected chi connectivity index (χ1v) is 4.30. The van der Waals surface area contributed by atoms with Crippen LogP contribution in [0.15, 0.2) is 18.3 Å². The van der Waals surface area contributed by atoms with Crippen LogP contribution in [0.2, 0.25) is 0 Å². The molecule has 2 heteroatoms. The average Bonchev–Trinajstić information content (AvgIpc) is 2.03. The van der Waals surface area contributed by atoms with Gasteiger partial charge in [0.25, 0.3) is 0 Å². The number of halogens is 1. The van der Waals surface area contributed by atoms with Gasteiger partial charge in [0.1, 0.15) is 6.17 Å². The first-order valence-electron chi connectivity index (χ1n) is 4.30. The van der Waals surface area contributed by atoms with E-state index in [1.165, 1.54) is 5.56 Å². The number of hydrogen-bond donors (Lipinski definition) is 0. The maximum absolute atomic E-state index is 12.6. The summed E-state index contributed by atoms with van der Waals surface area (Å²) in [5.74, 6) is 0. The highest BCUT2D eigenvalue weighted by molar-refractivity contribution is 5.16. The molecule has 0 saturated carbocycles. The molecule has 0 aromatic carbocycles. The maximum Gasteiger partial charge on any atom is 0.103 e. The molecule has 0 aliphatic carbocycles. The summed E-state index contributed by atoms with van der Waals surface area (Å²) >= 11 is 0. The molecule has 1 aromatic heterocycles. The summed E-state index contributed by atoms with van der Waals surface area (Å²) < 4.78 is 12.6. The molecule has 1 atom stereocenters. The molecule has 0 N–H and O–H groups in total. The van der Waals surface area contributed by atoms with E-state index in [-0.39, 0.29) is 0 Å². The molecule has 1 heterocycles. The fourth-order valence-corrected chi connectivity index (χ4v) is 1.15. The van der Waals surface area contributed by atoms with E-state index in [0.29, 0.717) is 6.42 Å². The van der Waals surface area contributed by atoms with Crippen LogP contribution in [0.5, 0.6) is 0 Å². The van der Waals surface area contributed by atoms with Gasteiger partial charge < -0.3 is 0 Å². The highest BCUT2D eigenvalue weighted by atomic mass is 19.1. The molecule has 1 rings (SSSR count). The number of rotatable bonds is 3. The quantitative estimate of drug-likeness (QED) is 0.674. The Hall–Kier alpha value is -0.920. The summed E-state index contributed by atoms with van der Waals surface area (Å²) in [5.41, 5.74) is 2.07. The molecule has 1 unspecified atom stereocenters. The number of aryl methyl sites for hydroxylation is 1. The van der Waals surface area contributed by atoms with E-state index in [0.717, 1.165) is 12.1 Å². The van der Waals surface area contributed by atoms with Gasteiger partial charge in [-0.3, -0.25) is 4.98 Å². The normalized spacial score (nSPS) is 12.9. The topological polar surface area (TPSA) is 12.9 Å². The lowest BCUT2D eigenvalue weighted by molar-refractivity contribution is 0.357. The zero-order chi connectivity index (χ0) is 8.97. The lowest BCUT2D eigenvalue weighted by Gasteiger charge is -2.02. The third-order valence-electron chi connectivity index (χ3n) is 1.78. The minimum absolute atomic E-state index is 0.424. The monoisotopic (exact) mass is 167 g/mol. The summed E-state index contributed by atoms with van der Waals surface area (Å²) in [7, 11) is 0. The van der Waals surface area contributed by atoms with Crippen LogP contribution in [-0.2, 0) is 12.8 Å². The fraction of sp³-hybridized carbons (Fsp3) is 0.500. The van der Waals surface area contributed by atoms with Crippen molar-refractivity contribution in [1.82, 2.24) is 4.98 Å². The van der Waals surface area contributed by atoms with Crippen molar-refractivity contribution < 1.29 is 4.39 Å². The molecule has 66 valence electrons. The number of nitrogens with zero attached hydrogens (tertiary/aromatic N) is 1. The predicted molar refractivity (Wildman–Crippen MR) is 47.9 cm³/mol. The minimum atomic E-state index is -0.801. The van der Waals surface area contributed by atoms with Gasteiger partial charge in [0.2, 0.25) is 0 Å². The summed E-state index contributed by atoms with van der Waals surface area (Å²) in [6, 6.07) is 3.93. The van der Waals surface area contributed by atoms with Crippen molar-refractivity contribution in [2.45, 2.75) is 32.9 Å².